The summed E-state index contributed by atoms with van der Waals surface area (Å²) in [5, 5.41) is 3.43. The molecule has 2 aliphatic rings. The van der Waals surface area contributed by atoms with Gasteiger partial charge in [0, 0.05) is 52.4 Å². The molecule has 0 aromatic rings. The first-order valence-corrected chi connectivity index (χ1v) is 10.3. The van der Waals surface area contributed by atoms with Crippen molar-refractivity contribution >= 4 is 35.8 Å². The Morgan fingerprint density at radius 3 is 2.19 bits per heavy atom. The summed E-state index contributed by atoms with van der Waals surface area (Å²) in [5.74, 6) is 1.92. The molecule has 2 fully saturated rings. The predicted octanol–water partition coefficient (Wildman–Crippen LogP) is 1.48. The van der Waals surface area contributed by atoms with Gasteiger partial charge in [0.25, 0.3) is 0 Å². The molecule has 27 heavy (non-hydrogen) atoms. The Morgan fingerprint density at radius 1 is 1.00 bits per heavy atom. The first kappa shape index (κ1) is 24.4. The number of carbonyl (C=O) groups excluding carboxylic acids is 1. The molecule has 1 amide bonds. The number of hydrogen-bond acceptors (Lipinski definition) is 4. The number of aliphatic imine (C=N–C) groups is 1. The quantitative estimate of drug-likeness (QED) is 0.330. The number of carbonyl (C=O) groups is 1. The standard InChI is InChI=1S/C19H37N5O2.HI/c1-4-17(5-2)15-21-19(20-6-3)24-9-7-22(8-10-24)16-18(25)23-11-13-26-14-12-23;/h17H,4-16H2,1-3H3,(H,20,21);1H. The molecule has 0 unspecified atom stereocenters. The van der Waals surface area contributed by atoms with E-state index < -0.39 is 0 Å². The normalized spacial score (nSPS) is 19.2. The number of hydrogen-bond donors (Lipinski definition) is 1. The van der Waals surface area contributed by atoms with Crippen LogP contribution in [0, 0.1) is 5.92 Å². The third kappa shape index (κ3) is 8.11. The molecule has 0 saturated carbocycles. The number of rotatable bonds is 7. The molecule has 0 atom stereocenters. The molecule has 2 aliphatic heterocycles. The summed E-state index contributed by atoms with van der Waals surface area (Å²) >= 11 is 0. The van der Waals surface area contributed by atoms with Crippen LogP contribution in [-0.4, -0.2) is 98.7 Å². The topological polar surface area (TPSA) is 60.4 Å². The summed E-state index contributed by atoms with van der Waals surface area (Å²) in [6.07, 6.45) is 2.35. The summed E-state index contributed by atoms with van der Waals surface area (Å²) in [5.41, 5.74) is 0. The van der Waals surface area contributed by atoms with Gasteiger partial charge in [0.15, 0.2) is 5.96 Å². The third-order valence-electron chi connectivity index (χ3n) is 5.38. The fourth-order valence-corrected chi connectivity index (χ4v) is 3.41. The zero-order valence-electron chi connectivity index (χ0n) is 17.3. The fraction of sp³-hybridized carbons (Fsp3) is 0.895. The van der Waals surface area contributed by atoms with Gasteiger partial charge in [-0.15, -0.1) is 24.0 Å². The minimum atomic E-state index is 0. The molecule has 0 radical (unpaired) electrons. The molecule has 8 heteroatoms. The van der Waals surface area contributed by atoms with Crippen molar-refractivity contribution in [3.05, 3.63) is 0 Å². The Labute approximate surface area is 181 Å². The highest BCUT2D eigenvalue weighted by Gasteiger charge is 2.24. The minimum Gasteiger partial charge on any atom is -0.378 e. The van der Waals surface area contributed by atoms with E-state index in [4.69, 9.17) is 9.73 Å². The highest BCUT2D eigenvalue weighted by molar-refractivity contribution is 14.0. The first-order valence-electron chi connectivity index (χ1n) is 10.3. The van der Waals surface area contributed by atoms with Crippen LogP contribution in [0.5, 0.6) is 0 Å². The van der Waals surface area contributed by atoms with Crippen molar-refractivity contribution in [2.45, 2.75) is 33.6 Å². The van der Waals surface area contributed by atoms with Gasteiger partial charge in [-0.3, -0.25) is 14.7 Å². The molecule has 1 N–H and O–H groups in total. The number of nitrogens with one attached hydrogen (secondary N) is 1. The fourth-order valence-electron chi connectivity index (χ4n) is 3.41. The molecular formula is C19H38IN5O2. The maximum atomic E-state index is 12.4. The number of ether oxygens (including phenoxy) is 1. The largest absolute Gasteiger partial charge is 0.378 e. The van der Waals surface area contributed by atoms with Crippen molar-refractivity contribution in [3.63, 3.8) is 0 Å². The monoisotopic (exact) mass is 495 g/mol. The number of amides is 1. The van der Waals surface area contributed by atoms with Gasteiger partial charge in [-0.25, -0.2) is 0 Å². The number of morpholine rings is 1. The van der Waals surface area contributed by atoms with E-state index in [9.17, 15) is 4.79 Å². The lowest BCUT2D eigenvalue weighted by Crippen LogP contribution is -2.55. The molecule has 7 nitrogen and oxygen atoms in total. The van der Waals surface area contributed by atoms with Crippen LogP contribution in [0.4, 0.5) is 0 Å². The number of piperazine rings is 1. The Bertz CT molecular complexity index is 445. The van der Waals surface area contributed by atoms with Crippen LogP contribution >= 0.6 is 24.0 Å². The number of nitrogens with zero attached hydrogens (tertiary/aromatic N) is 4. The lowest BCUT2D eigenvalue weighted by Gasteiger charge is -2.37. The third-order valence-corrected chi connectivity index (χ3v) is 5.38. The van der Waals surface area contributed by atoms with E-state index in [0.29, 0.717) is 25.7 Å². The van der Waals surface area contributed by atoms with Crippen molar-refractivity contribution in [3.8, 4) is 0 Å². The highest BCUT2D eigenvalue weighted by Crippen LogP contribution is 2.09. The molecule has 2 heterocycles. The first-order chi connectivity index (χ1) is 12.7. The Morgan fingerprint density at radius 2 is 1.63 bits per heavy atom. The average Bonchev–Trinajstić information content (AvgIpc) is 2.69. The van der Waals surface area contributed by atoms with Gasteiger partial charge < -0.3 is 19.9 Å². The second kappa shape index (κ2) is 13.5. The zero-order valence-corrected chi connectivity index (χ0v) is 19.6. The number of halogens is 1. The molecule has 2 rings (SSSR count). The van der Waals surface area contributed by atoms with E-state index in [0.717, 1.165) is 58.3 Å². The van der Waals surface area contributed by atoms with Gasteiger partial charge in [0.05, 0.1) is 19.8 Å². The van der Waals surface area contributed by atoms with Crippen LogP contribution in [0.25, 0.3) is 0 Å². The van der Waals surface area contributed by atoms with E-state index in [1.807, 2.05) is 4.90 Å². The maximum absolute atomic E-state index is 12.4. The Hall–Kier alpha value is -0.610. The van der Waals surface area contributed by atoms with E-state index in [1.165, 1.54) is 12.8 Å². The summed E-state index contributed by atoms with van der Waals surface area (Å²) in [4.78, 5) is 23.8. The summed E-state index contributed by atoms with van der Waals surface area (Å²) in [6, 6.07) is 0. The van der Waals surface area contributed by atoms with Gasteiger partial charge in [-0.1, -0.05) is 26.7 Å². The van der Waals surface area contributed by atoms with Gasteiger partial charge in [-0.05, 0) is 12.8 Å². The van der Waals surface area contributed by atoms with Crippen LogP contribution in [-0.2, 0) is 9.53 Å². The van der Waals surface area contributed by atoms with Crippen molar-refractivity contribution in [2.24, 2.45) is 10.9 Å². The van der Waals surface area contributed by atoms with Gasteiger partial charge >= 0.3 is 0 Å². The second-order valence-corrected chi connectivity index (χ2v) is 7.13. The van der Waals surface area contributed by atoms with Crippen LogP contribution in [0.3, 0.4) is 0 Å². The minimum absolute atomic E-state index is 0. The summed E-state index contributed by atoms with van der Waals surface area (Å²) in [6.45, 7) is 15.3. The molecule has 0 aromatic carbocycles. The number of guanidine groups is 1. The molecule has 0 aliphatic carbocycles. The van der Waals surface area contributed by atoms with Crippen molar-refractivity contribution < 1.29 is 9.53 Å². The molecule has 0 spiro atoms. The van der Waals surface area contributed by atoms with Crippen LogP contribution in [0.2, 0.25) is 0 Å². The van der Waals surface area contributed by atoms with Crippen LogP contribution in [0.1, 0.15) is 33.6 Å². The molecule has 158 valence electrons. The SMILES string of the molecule is CCNC(=NCC(CC)CC)N1CCN(CC(=O)N2CCOCC2)CC1.I. The second-order valence-electron chi connectivity index (χ2n) is 7.13. The molecular weight excluding hydrogens is 457 g/mol. The van der Waals surface area contributed by atoms with E-state index >= 15 is 0 Å². The highest BCUT2D eigenvalue weighted by atomic mass is 127. The van der Waals surface area contributed by atoms with E-state index in [-0.39, 0.29) is 29.9 Å². The van der Waals surface area contributed by atoms with Gasteiger partial charge in [0.1, 0.15) is 0 Å². The summed E-state index contributed by atoms with van der Waals surface area (Å²) < 4.78 is 5.32. The van der Waals surface area contributed by atoms with Crippen LogP contribution < -0.4 is 5.32 Å². The van der Waals surface area contributed by atoms with Gasteiger partial charge in [-0.2, -0.15) is 0 Å². The van der Waals surface area contributed by atoms with Gasteiger partial charge in [0.2, 0.25) is 5.91 Å². The predicted molar refractivity (Wildman–Crippen MR) is 121 cm³/mol. The lowest BCUT2D eigenvalue weighted by atomic mass is 10.0. The van der Waals surface area contributed by atoms with Crippen molar-refractivity contribution in [2.75, 3.05) is 72.1 Å². The molecule has 0 bridgehead atoms. The molecule has 0 aromatic heterocycles. The summed E-state index contributed by atoms with van der Waals surface area (Å²) in [7, 11) is 0. The van der Waals surface area contributed by atoms with E-state index in [1.54, 1.807) is 0 Å². The Kier molecular flexibility index (Phi) is 12.3. The van der Waals surface area contributed by atoms with Crippen molar-refractivity contribution in [1.29, 1.82) is 0 Å². The zero-order chi connectivity index (χ0) is 18.8. The molecule has 2 saturated heterocycles. The lowest BCUT2D eigenvalue weighted by molar-refractivity contribution is -0.136. The average molecular weight is 495 g/mol. The Balaban J connectivity index is 0.00000364. The van der Waals surface area contributed by atoms with Crippen molar-refractivity contribution in [1.82, 2.24) is 20.0 Å². The van der Waals surface area contributed by atoms with E-state index in [2.05, 4.69) is 35.9 Å². The van der Waals surface area contributed by atoms with Crippen LogP contribution in [0.15, 0.2) is 4.99 Å². The maximum Gasteiger partial charge on any atom is 0.236 e. The smallest absolute Gasteiger partial charge is 0.236 e.